The average Bonchev–Trinajstić information content (AvgIpc) is 3.18. The molecular formula is C18H14N6. The van der Waals surface area contributed by atoms with Crippen molar-refractivity contribution in [2.75, 3.05) is 5.32 Å². The van der Waals surface area contributed by atoms with Crippen LogP contribution in [0.5, 0.6) is 0 Å². The van der Waals surface area contributed by atoms with Crippen LogP contribution >= 0.6 is 0 Å². The molecule has 0 saturated carbocycles. The summed E-state index contributed by atoms with van der Waals surface area (Å²) in [6.45, 7) is 0. The third kappa shape index (κ3) is 2.98. The Morgan fingerprint density at radius 3 is 2.58 bits per heavy atom. The fourth-order valence-electron chi connectivity index (χ4n) is 2.38. The van der Waals surface area contributed by atoms with E-state index < -0.39 is 0 Å². The van der Waals surface area contributed by atoms with Gasteiger partial charge in [0.15, 0.2) is 0 Å². The molecule has 0 aromatic carbocycles. The standard InChI is InChI=1S/C18H14N6/c1-2-6-20-17(4-1)23-18-11-14(5-8-21-18)15-10-16(13-19-12-15)24-9-3-7-22-24/h1-13H,(H,20,21,23). The molecule has 0 saturated heterocycles. The topological polar surface area (TPSA) is 68.5 Å². The molecule has 0 aliphatic rings. The molecule has 0 amide bonds. The maximum absolute atomic E-state index is 4.34. The molecule has 0 aliphatic carbocycles. The summed E-state index contributed by atoms with van der Waals surface area (Å²) < 4.78 is 1.78. The molecule has 0 spiro atoms. The zero-order valence-electron chi connectivity index (χ0n) is 12.7. The molecule has 0 unspecified atom stereocenters. The molecule has 1 N–H and O–H groups in total. The number of rotatable bonds is 4. The SMILES string of the molecule is c1ccc(Nc2cc(-c3cncc(-n4cccn4)c3)ccn2)nc1. The van der Waals surface area contributed by atoms with Gasteiger partial charge in [0.2, 0.25) is 0 Å². The number of hydrogen-bond donors (Lipinski definition) is 1. The number of aromatic nitrogens is 5. The summed E-state index contributed by atoms with van der Waals surface area (Å²) in [7, 11) is 0. The number of nitrogens with one attached hydrogen (secondary N) is 1. The van der Waals surface area contributed by atoms with Crippen LogP contribution in [-0.4, -0.2) is 24.7 Å². The molecule has 0 fully saturated rings. The summed E-state index contributed by atoms with van der Waals surface area (Å²) >= 11 is 0. The lowest BCUT2D eigenvalue weighted by Crippen LogP contribution is -1.97. The molecule has 24 heavy (non-hydrogen) atoms. The van der Waals surface area contributed by atoms with Crippen molar-refractivity contribution in [3.05, 3.63) is 79.6 Å². The van der Waals surface area contributed by atoms with Crippen LogP contribution in [-0.2, 0) is 0 Å². The average molecular weight is 314 g/mol. The molecule has 0 bridgehead atoms. The van der Waals surface area contributed by atoms with Gasteiger partial charge in [0.1, 0.15) is 11.6 Å². The van der Waals surface area contributed by atoms with E-state index in [9.17, 15) is 0 Å². The molecule has 4 aromatic heterocycles. The highest BCUT2D eigenvalue weighted by Crippen LogP contribution is 2.23. The largest absolute Gasteiger partial charge is 0.325 e. The number of anilines is 2. The second-order valence-electron chi connectivity index (χ2n) is 5.15. The normalized spacial score (nSPS) is 10.5. The van der Waals surface area contributed by atoms with Gasteiger partial charge in [0.05, 0.1) is 11.9 Å². The van der Waals surface area contributed by atoms with Crippen LogP contribution in [0.2, 0.25) is 0 Å². The first-order valence-corrected chi connectivity index (χ1v) is 7.48. The maximum Gasteiger partial charge on any atom is 0.132 e. The van der Waals surface area contributed by atoms with Gasteiger partial charge in [-0.25, -0.2) is 14.6 Å². The molecule has 116 valence electrons. The highest BCUT2D eigenvalue weighted by Gasteiger charge is 2.04. The zero-order chi connectivity index (χ0) is 16.2. The summed E-state index contributed by atoms with van der Waals surface area (Å²) in [6, 6.07) is 13.5. The van der Waals surface area contributed by atoms with Crippen molar-refractivity contribution in [2.24, 2.45) is 0 Å². The molecule has 0 atom stereocenters. The monoisotopic (exact) mass is 314 g/mol. The van der Waals surface area contributed by atoms with Gasteiger partial charge < -0.3 is 5.32 Å². The van der Waals surface area contributed by atoms with E-state index in [-0.39, 0.29) is 0 Å². The lowest BCUT2D eigenvalue weighted by Gasteiger charge is -2.08. The lowest BCUT2D eigenvalue weighted by atomic mass is 10.1. The second-order valence-corrected chi connectivity index (χ2v) is 5.15. The van der Waals surface area contributed by atoms with E-state index in [1.807, 2.05) is 54.9 Å². The summed E-state index contributed by atoms with van der Waals surface area (Å²) in [5, 5.41) is 7.43. The third-order valence-electron chi connectivity index (χ3n) is 3.51. The fourth-order valence-corrected chi connectivity index (χ4v) is 2.38. The van der Waals surface area contributed by atoms with Crippen molar-refractivity contribution < 1.29 is 0 Å². The van der Waals surface area contributed by atoms with Crippen molar-refractivity contribution in [2.45, 2.75) is 0 Å². The number of nitrogens with zero attached hydrogens (tertiary/aromatic N) is 5. The van der Waals surface area contributed by atoms with Crippen molar-refractivity contribution in [1.82, 2.24) is 24.7 Å². The van der Waals surface area contributed by atoms with Crippen molar-refractivity contribution >= 4 is 11.6 Å². The van der Waals surface area contributed by atoms with E-state index >= 15 is 0 Å². The van der Waals surface area contributed by atoms with E-state index in [1.54, 1.807) is 29.5 Å². The Bertz CT molecular complexity index is 935. The minimum absolute atomic E-state index is 0.732. The first-order chi connectivity index (χ1) is 11.9. The highest BCUT2D eigenvalue weighted by atomic mass is 15.3. The third-order valence-corrected chi connectivity index (χ3v) is 3.51. The lowest BCUT2D eigenvalue weighted by molar-refractivity contribution is 0.874. The van der Waals surface area contributed by atoms with Gasteiger partial charge in [0.25, 0.3) is 0 Å². The predicted octanol–water partition coefficient (Wildman–Crippen LogP) is 3.47. The fraction of sp³-hybridized carbons (Fsp3) is 0. The Labute approximate surface area is 138 Å². The van der Waals surface area contributed by atoms with Gasteiger partial charge in [-0.15, -0.1) is 0 Å². The Balaban J connectivity index is 1.65. The molecule has 4 rings (SSSR count). The van der Waals surface area contributed by atoms with Crippen LogP contribution < -0.4 is 5.32 Å². The van der Waals surface area contributed by atoms with Gasteiger partial charge in [-0.1, -0.05) is 6.07 Å². The predicted molar refractivity (Wildman–Crippen MR) is 92.1 cm³/mol. The van der Waals surface area contributed by atoms with Crippen molar-refractivity contribution in [1.29, 1.82) is 0 Å². The first-order valence-electron chi connectivity index (χ1n) is 7.48. The second kappa shape index (κ2) is 6.29. The van der Waals surface area contributed by atoms with Gasteiger partial charge in [-0.2, -0.15) is 5.10 Å². The summed E-state index contributed by atoms with van der Waals surface area (Å²) in [5.74, 6) is 1.49. The first kappa shape index (κ1) is 14.1. The van der Waals surface area contributed by atoms with Crippen molar-refractivity contribution in [3.63, 3.8) is 0 Å². The molecule has 4 heterocycles. The van der Waals surface area contributed by atoms with E-state index in [0.29, 0.717) is 0 Å². The number of pyridine rings is 3. The molecule has 0 aliphatic heterocycles. The quantitative estimate of drug-likeness (QED) is 0.624. The molecule has 0 radical (unpaired) electrons. The van der Waals surface area contributed by atoms with Crippen LogP contribution in [0, 0.1) is 0 Å². The van der Waals surface area contributed by atoms with E-state index in [1.165, 1.54) is 0 Å². The van der Waals surface area contributed by atoms with Gasteiger partial charge in [-0.3, -0.25) is 4.98 Å². The number of hydrogen-bond acceptors (Lipinski definition) is 5. The molecule has 6 nitrogen and oxygen atoms in total. The van der Waals surface area contributed by atoms with Crippen LogP contribution in [0.4, 0.5) is 11.6 Å². The van der Waals surface area contributed by atoms with Crippen LogP contribution in [0.15, 0.2) is 79.6 Å². The van der Waals surface area contributed by atoms with Crippen LogP contribution in [0.1, 0.15) is 0 Å². The van der Waals surface area contributed by atoms with Crippen LogP contribution in [0.3, 0.4) is 0 Å². The highest BCUT2D eigenvalue weighted by molar-refractivity contribution is 5.68. The molecule has 4 aromatic rings. The summed E-state index contributed by atoms with van der Waals surface area (Å²) in [6.07, 6.45) is 10.7. The minimum atomic E-state index is 0.732. The Hall–Kier alpha value is -3.54. The Kier molecular flexibility index (Phi) is 3.69. The Morgan fingerprint density at radius 1 is 0.792 bits per heavy atom. The smallest absolute Gasteiger partial charge is 0.132 e. The minimum Gasteiger partial charge on any atom is -0.325 e. The van der Waals surface area contributed by atoms with Crippen LogP contribution in [0.25, 0.3) is 16.8 Å². The molecular weight excluding hydrogens is 300 g/mol. The summed E-state index contributed by atoms with van der Waals surface area (Å²) in [4.78, 5) is 12.9. The summed E-state index contributed by atoms with van der Waals surface area (Å²) in [5.41, 5.74) is 2.92. The van der Waals surface area contributed by atoms with Gasteiger partial charge >= 0.3 is 0 Å². The maximum atomic E-state index is 4.34. The van der Waals surface area contributed by atoms with E-state index in [0.717, 1.165) is 28.5 Å². The van der Waals surface area contributed by atoms with Crippen molar-refractivity contribution in [3.8, 4) is 16.8 Å². The Morgan fingerprint density at radius 2 is 1.75 bits per heavy atom. The van der Waals surface area contributed by atoms with Gasteiger partial charge in [0, 0.05) is 36.5 Å². The molecule has 6 heteroatoms. The van der Waals surface area contributed by atoms with E-state index in [4.69, 9.17) is 0 Å². The zero-order valence-corrected chi connectivity index (χ0v) is 12.7. The van der Waals surface area contributed by atoms with Gasteiger partial charge in [-0.05, 0) is 42.0 Å². The van der Waals surface area contributed by atoms with E-state index in [2.05, 4.69) is 25.4 Å².